The van der Waals surface area contributed by atoms with Gasteiger partial charge in [0, 0.05) is 18.4 Å². The van der Waals surface area contributed by atoms with Gasteiger partial charge in [0.2, 0.25) is 5.91 Å². The number of para-hydroxylation sites is 3. The molecule has 0 atom stereocenters. The van der Waals surface area contributed by atoms with E-state index < -0.39 is 0 Å². The number of nitrogens with one attached hydrogen (secondary N) is 1. The fourth-order valence-corrected chi connectivity index (χ4v) is 3.07. The molecule has 6 heteroatoms. The summed E-state index contributed by atoms with van der Waals surface area (Å²) >= 11 is 6.17. The van der Waals surface area contributed by atoms with E-state index in [1.807, 2.05) is 54.6 Å². The molecule has 0 spiro atoms. The van der Waals surface area contributed by atoms with Crippen molar-refractivity contribution in [1.29, 1.82) is 0 Å². The Balaban J connectivity index is 1.38. The van der Waals surface area contributed by atoms with Crippen LogP contribution in [0.5, 0.6) is 11.5 Å². The number of aromatic nitrogens is 1. The third-order valence-corrected chi connectivity index (χ3v) is 4.71. The number of ether oxygens (including phenoxy) is 1. The lowest BCUT2D eigenvalue weighted by atomic mass is 10.2. The van der Waals surface area contributed by atoms with Gasteiger partial charge < -0.3 is 14.5 Å². The van der Waals surface area contributed by atoms with Gasteiger partial charge in [0.15, 0.2) is 17.4 Å². The van der Waals surface area contributed by atoms with Gasteiger partial charge in [-0.1, -0.05) is 66.2 Å². The van der Waals surface area contributed by atoms with Crippen molar-refractivity contribution in [3.8, 4) is 22.8 Å². The number of hydrogen-bond donors (Lipinski definition) is 1. The van der Waals surface area contributed by atoms with E-state index in [2.05, 4.69) is 10.3 Å². The van der Waals surface area contributed by atoms with Gasteiger partial charge in [-0.05, 0) is 24.3 Å². The van der Waals surface area contributed by atoms with Crippen molar-refractivity contribution in [3.63, 3.8) is 0 Å². The minimum Gasteiger partial charge on any atom is -0.454 e. The first-order chi connectivity index (χ1) is 14.7. The summed E-state index contributed by atoms with van der Waals surface area (Å²) in [5.74, 6) is 2.08. The molecule has 1 aromatic heterocycles. The lowest BCUT2D eigenvalue weighted by Gasteiger charge is -2.12. The third-order valence-electron chi connectivity index (χ3n) is 4.40. The smallest absolute Gasteiger partial charge is 0.224 e. The Bertz CT molecular complexity index is 1140. The van der Waals surface area contributed by atoms with Crippen LogP contribution in [-0.2, 0) is 11.2 Å². The van der Waals surface area contributed by atoms with Crippen LogP contribution in [-0.4, -0.2) is 10.9 Å². The maximum atomic E-state index is 12.5. The van der Waals surface area contributed by atoms with E-state index in [0.717, 1.165) is 5.56 Å². The van der Waals surface area contributed by atoms with Crippen LogP contribution in [0.3, 0.4) is 0 Å². The molecular formula is C24H19ClN2O3. The second-order valence-corrected chi connectivity index (χ2v) is 6.97. The first-order valence-corrected chi connectivity index (χ1v) is 9.88. The Morgan fingerprint density at radius 1 is 0.933 bits per heavy atom. The lowest BCUT2D eigenvalue weighted by Crippen LogP contribution is -2.13. The summed E-state index contributed by atoms with van der Waals surface area (Å²) in [5, 5.41) is 3.38. The zero-order valence-corrected chi connectivity index (χ0v) is 16.8. The second-order valence-electron chi connectivity index (χ2n) is 6.56. The van der Waals surface area contributed by atoms with Crippen LogP contribution in [0.1, 0.15) is 12.3 Å². The van der Waals surface area contributed by atoms with Crippen molar-refractivity contribution in [2.45, 2.75) is 12.8 Å². The summed E-state index contributed by atoms with van der Waals surface area (Å²) in [6, 6.07) is 24.1. The number of nitrogens with zero attached hydrogens (tertiary/aromatic N) is 1. The Kier molecular flexibility index (Phi) is 6.11. The second kappa shape index (κ2) is 9.29. The predicted molar refractivity (Wildman–Crippen MR) is 117 cm³/mol. The van der Waals surface area contributed by atoms with E-state index in [-0.39, 0.29) is 12.3 Å². The Morgan fingerprint density at radius 3 is 2.43 bits per heavy atom. The third kappa shape index (κ3) is 4.88. The number of benzene rings is 3. The van der Waals surface area contributed by atoms with Gasteiger partial charge in [-0.3, -0.25) is 4.79 Å². The predicted octanol–water partition coefficient (Wildman–Crippen LogP) is 6.36. The molecule has 150 valence electrons. The highest BCUT2D eigenvalue weighted by Gasteiger charge is 2.12. The van der Waals surface area contributed by atoms with Gasteiger partial charge in [0.25, 0.3) is 0 Å². The van der Waals surface area contributed by atoms with E-state index in [1.54, 1.807) is 30.5 Å². The molecule has 0 aliphatic heterocycles. The Morgan fingerprint density at radius 2 is 1.63 bits per heavy atom. The van der Waals surface area contributed by atoms with Gasteiger partial charge in [0.1, 0.15) is 5.75 Å². The molecule has 4 rings (SSSR count). The van der Waals surface area contributed by atoms with Crippen LogP contribution in [0.4, 0.5) is 5.69 Å². The number of oxazole rings is 1. The summed E-state index contributed by atoms with van der Waals surface area (Å²) in [6.45, 7) is 0. The molecule has 5 nitrogen and oxygen atoms in total. The molecule has 0 unspecified atom stereocenters. The van der Waals surface area contributed by atoms with Crippen molar-refractivity contribution in [3.05, 3.63) is 96.0 Å². The number of aryl methyl sites for hydroxylation is 1. The highest BCUT2D eigenvalue weighted by molar-refractivity contribution is 6.32. The molecule has 0 aliphatic carbocycles. The standard InChI is InChI=1S/C24H19ClN2O3/c25-18-10-4-6-12-20(18)29-21-13-7-5-11-19(21)27-23(28)14-15-24-26-16-22(30-24)17-8-2-1-3-9-17/h1-13,16H,14-15H2,(H,27,28). The van der Waals surface area contributed by atoms with E-state index in [1.165, 1.54) is 0 Å². The first kappa shape index (κ1) is 19.7. The highest BCUT2D eigenvalue weighted by atomic mass is 35.5. The van der Waals surface area contributed by atoms with Crippen LogP contribution >= 0.6 is 11.6 Å². The van der Waals surface area contributed by atoms with Crippen molar-refractivity contribution < 1.29 is 13.9 Å². The SMILES string of the molecule is O=C(CCc1ncc(-c2ccccc2)o1)Nc1ccccc1Oc1ccccc1Cl. The number of hydrogen-bond acceptors (Lipinski definition) is 4. The molecule has 3 aromatic carbocycles. The fourth-order valence-electron chi connectivity index (χ4n) is 2.90. The number of carbonyl (C=O) groups is 1. The topological polar surface area (TPSA) is 64.4 Å². The Hall–Kier alpha value is -3.57. The van der Waals surface area contributed by atoms with Gasteiger partial charge in [-0.2, -0.15) is 0 Å². The molecule has 1 heterocycles. The molecule has 1 N–H and O–H groups in total. The average Bonchev–Trinajstić information content (AvgIpc) is 3.25. The summed E-state index contributed by atoms with van der Waals surface area (Å²) in [4.78, 5) is 16.7. The quantitative estimate of drug-likeness (QED) is 0.379. The Labute approximate surface area is 179 Å². The van der Waals surface area contributed by atoms with Crippen LogP contribution in [0.25, 0.3) is 11.3 Å². The van der Waals surface area contributed by atoms with Crippen LogP contribution in [0, 0.1) is 0 Å². The largest absolute Gasteiger partial charge is 0.454 e. The highest BCUT2D eigenvalue weighted by Crippen LogP contribution is 2.33. The van der Waals surface area contributed by atoms with Crippen molar-refractivity contribution in [2.75, 3.05) is 5.32 Å². The molecule has 30 heavy (non-hydrogen) atoms. The molecule has 0 aliphatic rings. The summed E-state index contributed by atoms with van der Waals surface area (Å²) in [7, 11) is 0. The average molecular weight is 419 g/mol. The molecule has 0 bridgehead atoms. The molecule has 0 saturated heterocycles. The van der Waals surface area contributed by atoms with E-state index in [4.69, 9.17) is 20.8 Å². The fraction of sp³-hybridized carbons (Fsp3) is 0.0833. The number of anilines is 1. The van der Waals surface area contributed by atoms with Gasteiger partial charge in [0.05, 0.1) is 16.9 Å². The van der Waals surface area contributed by atoms with Crippen molar-refractivity contribution in [2.24, 2.45) is 0 Å². The first-order valence-electron chi connectivity index (χ1n) is 9.50. The lowest BCUT2D eigenvalue weighted by molar-refractivity contribution is -0.116. The van der Waals surface area contributed by atoms with Gasteiger partial charge >= 0.3 is 0 Å². The minimum atomic E-state index is -0.162. The van der Waals surface area contributed by atoms with Crippen LogP contribution in [0.15, 0.2) is 89.5 Å². The number of carbonyl (C=O) groups excluding carboxylic acids is 1. The zero-order valence-electron chi connectivity index (χ0n) is 16.0. The molecule has 1 amide bonds. The number of halogens is 1. The zero-order chi connectivity index (χ0) is 20.8. The van der Waals surface area contributed by atoms with Gasteiger partial charge in [-0.25, -0.2) is 4.98 Å². The number of amides is 1. The summed E-state index contributed by atoms with van der Waals surface area (Å²) in [5.41, 5.74) is 1.52. The maximum Gasteiger partial charge on any atom is 0.224 e. The van der Waals surface area contributed by atoms with Crippen molar-refractivity contribution >= 4 is 23.2 Å². The molecular weight excluding hydrogens is 400 g/mol. The van der Waals surface area contributed by atoms with Crippen LogP contribution < -0.4 is 10.1 Å². The molecule has 4 aromatic rings. The van der Waals surface area contributed by atoms with Crippen LogP contribution in [0.2, 0.25) is 5.02 Å². The minimum absolute atomic E-state index is 0.162. The molecule has 0 fully saturated rings. The normalized spacial score (nSPS) is 10.6. The van der Waals surface area contributed by atoms with E-state index >= 15 is 0 Å². The maximum absolute atomic E-state index is 12.5. The monoisotopic (exact) mass is 418 g/mol. The number of rotatable bonds is 7. The van der Waals surface area contributed by atoms with E-state index in [9.17, 15) is 4.79 Å². The molecule has 0 radical (unpaired) electrons. The molecule has 0 saturated carbocycles. The summed E-state index contributed by atoms with van der Waals surface area (Å²) in [6.07, 6.45) is 2.30. The van der Waals surface area contributed by atoms with Gasteiger partial charge in [-0.15, -0.1) is 0 Å². The van der Waals surface area contributed by atoms with E-state index in [0.29, 0.717) is 40.3 Å². The summed E-state index contributed by atoms with van der Waals surface area (Å²) < 4.78 is 11.6. The van der Waals surface area contributed by atoms with Crippen molar-refractivity contribution in [1.82, 2.24) is 4.98 Å².